The molecular formula is C20H19NO3. The second-order valence-corrected chi connectivity index (χ2v) is 5.68. The Morgan fingerprint density at radius 2 is 1.75 bits per heavy atom. The smallest absolute Gasteiger partial charge is 0.311 e. The molecule has 0 spiro atoms. The maximum Gasteiger partial charge on any atom is 0.311 e. The highest BCUT2D eigenvalue weighted by molar-refractivity contribution is 5.99. The summed E-state index contributed by atoms with van der Waals surface area (Å²) in [5, 5.41) is 0. The van der Waals surface area contributed by atoms with Gasteiger partial charge in [-0.15, -0.1) is 0 Å². The van der Waals surface area contributed by atoms with E-state index in [1.165, 1.54) is 0 Å². The van der Waals surface area contributed by atoms with E-state index in [-0.39, 0.29) is 24.9 Å². The van der Waals surface area contributed by atoms with Crippen LogP contribution in [0.1, 0.15) is 12.0 Å². The summed E-state index contributed by atoms with van der Waals surface area (Å²) >= 11 is 0. The zero-order valence-corrected chi connectivity index (χ0v) is 13.3. The van der Waals surface area contributed by atoms with E-state index in [2.05, 4.69) is 0 Å². The van der Waals surface area contributed by atoms with Gasteiger partial charge in [0.25, 0.3) is 0 Å². The number of benzene rings is 2. The van der Waals surface area contributed by atoms with Gasteiger partial charge in [0.2, 0.25) is 5.91 Å². The lowest BCUT2D eigenvalue weighted by atomic mass is 10.1. The lowest BCUT2D eigenvalue weighted by Gasteiger charge is -2.16. The lowest BCUT2D eigenvalue weighted by molar-refractivity contribution is -0.147. The molecule has 4 heteroatoms. The predicted molar refractivity (Wildman–Crippen MR) is 93.3 cm³/mol. The average molecular weight is 321 g/mol. The van der Waals surface area contributed by atoms with E-state index in [1.54, 1.807) is 11.0 Å². The maximum atomic E-state index is 12.1. The van der Waals surface area contributed by atoms with Crippen LogP contribution in [0, 0.1) is 5.92 Å². The number of rotatable bonds is 5. The van der Waals surface area contributed by atoms with Crippen molar-refractivity contribution in [2.24, 2.45) is 5.92 Å². The van der Waals surface area contributed by atoms with E-state index in [1.807, 2.05) is 66.7 Å². The minimum absolute atomic E-state index is 0.0389. The average Bonchev–Trinajstić information content (AvgIpc) is 3.02. The van der Waals surface area contributed by atoms with Crippen LogP contribution in [0.25, 0.3) is 6.08 Å². The van der Waals surface area contributed by atoms with Gasteiger partial charge in [0.1, 0.15) is 6.61 Å². The predicted octanol–water partition coefficient (Wildman–Crippen LogP) is 3.30. The summed E-state index contributed by atoms with van der Waals surface area (Å²) < 4.78 is 5.28. The minimum Gasteiger partial charge on any atom is -0.461 e. The van der Waals surface area contributed by atoms with E-state index in [4.69, 9.17) is 4.74 Å². The molecule has 1 atom stereocenters. The molecule has 0 aromatic heterocycles. The number of anilines is 1. The summed E-state index contributed by atoms with van der Waals surface area (Å²) in [5.41, 5.74) is 1.88. The molecule has 1 heterocycles. The van der Waals surface area contributed by atoms with Crippen LogP contribution in [0.4, 0.5) is 5.69 Å². The molecule has 1 unspecified atom stereocenters. The third-order valence-corrected chi connectivity index (χ3v) is 3.96. The van der Waals surface area contributed by atoms with Crippen LogP contribution in [-0.2, 0) is 14.3 Å². The molecule has 122 valence electrons. The number of nitrogens with zero attached hydrogens (tertiary/aromatic N) is 1. The Kier molecular flexibility index (Phi) is 5.06. The van der Waals surface area contributed by atoms with Gasteiger partial charge in [0.05, 0.1) is 5.92 Å². The van der Waals surface area contributed by atoms with Crippen LogP contribution in [0.5, 0.6) is 0 Å². The Bertz CT molecular complexity index is 725. The number of amides is 1. The molecule has 0 N–H and O–H groups in total. The molecule has 1 aliphatic rings. The third-order valence-electron chi connectivity index (χ3n) is 3.96. The molecule has 1 fully saturated rings. The van der Waals surface area contributed by atoms with Gasteiger partial charge in [0, 0.05) is 18.7 Å². The van der Waals surface area contributed by atoms with Crippen LogP contribution in [0.15, 0.2) is 66.7 Å². The summed E-state index contributed by atoms with van der Waals surface area (Å²) in [4.78, 5) is 25.9. The molecule has 24 heavy (non-hydrogen) atoms. The van der Waals surface area contributed by atoms with Crippen molar-refractivity contribution in [1.29, 1.82) is 0 Å². The fourth-order valence-electron chi connectivity index (χ4n) is 2.72. The maximum absolute atomic E-state index is 12.1. The first-order chi connectivity index (χ1) is 11.7. The number of hydrogen-bond acceptors (Lipinski definition) is 3. The first-order valence-electron chi connectivity index (χ1n) is 7.97. The number of ether oxygens (including phenoxy) is 1. The molecule has 1 amide bonds. The van der Waals surface area contributed by atoms with Gasteiger partial charge in [-0.25, -0.2) is 0 Å². The first kappa shape index (κ1) is 16.0. The van der Waals surface area contributed by atoms with Crippen molar-refractivity contribution in [3.8, 4) is 0 Å². The van der Waals surface area contributed by atoms with E-state index in [0.717, 1.165) is 11.3 Å². The summed E-state index contributed by atoms with van der Waals surface area (Å²) in [7, 11) is 0. The molecule has 0 saturated carbocycles. The second kappa shape index (κ2) is 7.59. The van der Waals surface area contributed by atoms with Crippen LogP contribution < -0.4 is 4.90 Å². The van der Waals surface area contributed by atoms with Crippen LogP contribution in [0.3, 0.4) is 0 Å². The van der Waals surface area contributed by atoms with E-state index in [9.17, 15) is 9.59 Å². The Morgan fingerprint density at radius 1 is 1.08 bits per heavy atom. The fourth-order valence-corrected chi connectivity index (χ4v) is 2.72. The first-order valence-corrected chi connectivity index (χ1v) is 7.97. The van der Waals surface area contributed by atoms with Crippen molar-refractivity contribution in [3.63, 3.8) is 0 Å². The number of carbonyl (C=O) groups excluding carboxylic acids is 2. The number of para-hydroxylation sites is 1. The molecule has 0 radical (unpaired) electrons. The number of hydrogen-bond donors (Lipinski definition) is 0. The topological polar surface area (TPSA) is 46.6 Å². The van der Waals surface area contributed by atoms with Crippen molar-refractivity contribution < 1.29 is 14.3 Å². The van der Waals surface area contributed by atoms with Crippen molar-refractivity contribution in [1.82, 2.24) is 0 Å². The molecule has 1 saturated heterocycles. The summed E-state index contributed by atoms with van der Waals surface area (Å²) in [6.45, 7) is 0.591. The van der Waals surface area contributed by atoms with Crippen LogP contribution in [-0.4, -0.2) is 25.0 Å². The Balaban J connectivity index is 1.51. The largest absolute Gasteiger partial charge is 0.461 e. The van der Waals surface area contributed by atoms with Crippen LogP contribution in [0.2, 0.25) is 0 Å². The summed E-state index contributed by atoms with van der Waals surface area (Å²) in [6.07, 6.45) is 3.92. The van der Waals surface area contributed by atoms with Gasteiger partial charge in [-0.2, -0.15) is 0 Å². The molecule has 0 bridgehead atoms. The number of carbonyl (C=O) groups is 2. The normalized spacial score (nSPS) is 17.4. The molecule has 2 aromatic rings. The van der Waals surface area contributed by atoms with Gasteiger partial charge >= 0.3 is 5.97 Å². The Morgan fingerprint density at radius 3 is 2.46 bits per heavy atom. The highest BCUT2D eigenvalue weighted by Gasteiger charge is 2.35. The Hall–Kier alpha value is -2.88. The monoisotopic (exact) mass is 321 g/mol. The van der Waals surface area contributed by atoms with Crippen LogP contribution >= 0.6 is 0 Å². The molecule has 1 aliphatic heterocycles. The van der Waals surface area contributed by atoms with Gasteiger partial charge in [-0.3, -0.25) is 9.59 Å². The van der Waals surface area contributed by atoms with Crippen molar-refractivity contribution in [3.05, 3.63) is 72.3 Å². The van der Waals surface area contributed by atoms with Gasteiger partial charge in [0.15, 0.2) is 0 Å². The fraction of sp³-hybridized carbons (Fsp3) is 0.200. The van der Waals surface area contributed by atoms with Crippen molar-refractivity contribution >= 4 is 23.6 Å². The molecule has 0 aliphatic carbocycles. The molecular weight excluding hydrogens is 302 g/mol. The standard InChI is InChI=1S/C20H19NO3/c22-19-14-17(15-21(19)18-11-5-2-6-12-18)20(23)24-13-7-10-16-8-3-1-4-9-16/h1-12,17H,13-15H2/b10-7+. The van der Waals surface area contributed by atoms with E-state index >= 15 is 0 Å². The van der Waals surface area contributed by atoms with Gasteiger partial charge in [-0.1, -0.05) is 54.6 Å². The van der Waals surface area contributed by atoms with E-state index in [0.29, 0.717) is 6.54 Å². The van der Waals surface area contributed by atoms with Gasteiger partial charge in [-0.05, 0) is 23.8 Å². The SMILES string of the molecule is O=C(OC/C=C/c1ccccc1)C1CC(=O)N(c2ccccc2)C1. The summed E-state index contributed by atoms with van der Waals surface area (Å²) in [6, 6.07) is 19.2. The zero-order valence-electron chi connectivity index (χ0n) is 13.3. The highest BCUT2D eigenvalue weighted by Crippen LogP contribution is 2.25. The molecule has 3 rings (SSSR count). The Labute approximate surface area is 141 Å². The van der Waals surface area contributed by atoms with E-state index < -0.39 is 5.92 Å². The summed E-state index contributed by atoms with van der Waals surface area (Å²) in [5.74, 6) is -0.759. The third kappa shape index (κ3) is 3.90. The second-order valence-electron chi connectivity index (χ2n) is 5.68. The zero-order chi connectivity index (χ0) is 16.8. The van der Waals surface area contributed by atoms with Crippen molar-refractivity contribution in [2.45, 2.75) is 6.42 Å². The highest BCUT2D eigenvalue weighted by atomic mass is 16.5. The molecule has 2 aromatic carbocycles. The molecule has 4 nitrogen and oxygen atoms in total. The minimum atomic E-state index is -0.400. The quantitative estimate of drug-likeness (QED) is 0.794. The number of esters is 1. The van der Waals surface area contributed by atoms with Crippen molar-refractivity contribution in [2.75, 3.05) is 18.1 Å². The van der Waals surface area contributed by atoms with Gasteiger partial charge < -0.3 is 9.64 Å². The lowest BCUT2D eigenvalue weighted by Crippen LogP contribution is -2.26.